The number of nitrogens with one attached hydrogen (secondary N) is 2. The molecule has 2 heterocycles. The summed E-state index contributed by atoms with van der Waals surface area (Å²) in [6.45, 7) is 1.51. The van der Waals surface area contributed by atoms with Crippen LogP contribution in [0.25, 0.3) is 21.9 Å². The molecule has 2 aromatic carbocycles. The lowest BCUT2D eigenvalue weighted by Crippen LogP contribution is -2.34. The number of carbonyl (C=O) groups excluding carboxylic acids is 1. The number of anilines is 1. The lowest BCUT2D eigenvalue weighted by Gasteiger charge is -2.13. The molecular formula is C20H16N2O7S. The Kier molecular flexibility index (Phi) is 4.70. The van der Waals surface area contributed by atoms with Crippen LogP contribution in [-0.4, -0.2) is 21.6 Å². The number of hydrogen-bond donors (Lipinski definition) is 2. The van der Waals surface area contributed by atoms with E-state index in [-0.39, 0.29) is 33.4 Å². The Morgan fingerprint density at radius 2 is 1.83 bits per heavy atom. The van der Waals surface area contributed by atoms with Gasteiger partial charge in [-0.3, -0.25) is 4.79 Å². The van der Waals surface area contributed by atoms with Crippen LogP contribution in [0.5, 0.6) is 5.75 Å². The van der Waals surface area contributed by atoms with Crippen LogP contribution in [0.4, 0.5) is 10.5 Å². The number of hydrogen-bond acceptors (Lipinski definition) is 7. The molecule has 0 aliphatic carbocycles. The van der Waals surface area contributed by atoms with Crippen LogP contribution >= 0.6 is 0 Å². The van der Waals surface area contributed by atoms with Crippen molar-refractivity contribution < 1.29 is 26.8 Å². The van der Waals surface area contributed by atoms with Gasteiger partial charge in [-0.1, -0.05) is 18.2 Å². The molecule has 30 heavy (non-hydrogen) atoms. The second-order valence-electron chi connectivity index (χ2n) is 6.38. The summed E-state index contributed by atoms with van der Waals surface area (Å²) in [5, 5.41) is 2.61. The van der Waals surface area contributed by atoms with Crippen molar-refractivity contribution in [2.24, 2.45) is 0 Å². The standard InChI is InChI=1S/C20H16N2O7S/c1-11-10-14(23)15-16(27-2)13-8-9-28-17(13)19(18(15)29-11)30(25,26)22-20(24)21-12-6-4-3-5-7-12/h3-10H,1-2H3,(H2,21,22,24). The third-order valence-corrected chi connectivity index (χ3v) is 5.71. The maximum absolute atomic E-state index is 13.1. The molecule has 2 amide bonds. The predicted molar refractivity (Wildman–Crippen MR) is 109 cm³/mol. The number of ether oxygens (including phenoxy) is 1. The van der Waals surface area contributed by atoms with Gasteiger partial charge in [0.25, 0.3) is 10.0 Å². The van der Waals surface area contributed by atoms with Crippen LogP contribution in [0, 0.1) is 6.92 Å². The van der Waals surface area contributed by atoms with E-state index >= 15 is 0 Å². The van der Waals surface area contributed by atoms with Gasteiger partial charge in [0.1, 0.15) is 16.9 Å². The quantitative estimate of drug-likeness (QED) is 0.510. The maximum atomic E-state index is 13.1. The summed E-state index contributed by atoms with van der Waals surface area (Å²) < 4.78 is 44.5. The number of fused-ring (bicyclic) bond motifs is 2. The monoisotopic (exact) mass is 428 g/mol. The van der Waals surface area contributed by atoms with Crippen LogP contribution in [-0.2, 0) is 10.0 Å². The third kappa shape index (κ3) is 3.26. The zero-order chi connectivity index (χ0) is 21.5. The molecule has 0 saturated carbocycles. The topological polar surface area (TPSA) is 128 Å². The molecule has 4 aromatic rings. The van der Waals surface area contributed by atoms with Crippen molar-refractivity contribution in [3.8, 4) is 5.75 Å². The molecule has 4 rings (SSSR count). The molecule has 0 spiro atoms. The molecule has 9 nitrogen and oxygen atoms in total. The first-order chi connectivity index (χ1) is 14.3. The number of furan rings is 1. The van der Waals surface area contributed by atoms with Crippen molar-refractivity contribution in [2.45, 2.75) is 11.8 Å². The van der Waals surface area contributed by atoms with Crippen LogP contribution in [0.3, 0.4) is 0 Å². The van der Waals surface area contributed by atoms with E-state index in [1.54, 1.807) is 30.3 Å². The molecule has 0 aliphatic heterocycles. The lowest BCUT2D eigenvalue weighted by molar-refractivity contribution is 0.256. The second-order valence-corrected chi connectivity index (χ2v) is 8.00. The number of amides is 2. The maximum Gasteiger partial charge on any atom is 0.333 e. The minimum Gasteiger partial charge on any atom is -0.495 e. The summed E-state index contributed by atoms with van der Waals surface area (Å²) in [6, 6.07) is 10.0. The molecule has 0 atom stereocenters. The van der Waals surface area contributed by atoms with Gasteiger partial charge in [0.2, 0.25) is 0 Å². The SMILES string of the molecule is COc1c2ccoc2c(S(=O)(=O)NC(=O)Nc2ccccc2)c2oc(C)cc(=O)c12. The summed E-state index contributed by atoms with van der Waals surface area (Å²) in [4.78, 5) is 24.5. The Morgan fingerprint density at radius 1 is 1.10 bits per heavy atom. The molecule has 10 heteroatoms. The summed E-state index contributed by atoms with van der Waals surface area (Å²) >= 11 is 0. The van der Waals surface area contributed by atoms with Crippen molar-refractivity contribution in [1.82, 2.24) is 4.72 Å². The van der Waals surface area contributed by atoms with Crippen LogP contribution in [0.15, 0.2) is 67.3 Å². The highest BCUT2D eigenvalue weighted by molar-refractivity contribution is 7.90. The summed E-state index contributed by atoms with van der Waals surface area (Å²) in [7, 11) is -3.16. The highest BCUT2D eigenvalue weighted by atomic mass is 32.2. The fourth-order valence-corrected chi connectivity index (χ4v) is 4.38. The molecule has 2 N–H and O–H groups in total. The van der Waals surface area contributed by atoms with Crippen LogP contribution < -0.4 is 20.2 Å². The first-order valence-corrected chi connectivity index (χ1v) is 10.2. The molecular weight excluding hydrogens is 412 g/mol. The normalized spacial score (nSPS) is 11.5. The van der Waals surface area contributed by atoms with Crippen molar-refractivity contribution in [1.29, 1.82) is 0 Å². The molecule has 2 aromatic heterocycles. The number of rotatable bonds is 4. The molecule has 0 bridgehead atoms. The average molecular weight is 428 g/mol. The van der Waals surface area contributed by atoms with E-state index in [4.69, 9.17) is 13.6 Å². The number of para-hydroxylation sites is 1. The Bertz CT molecular complexity index is 1440. The van der Waals surface area contributed by atoms with Crippen molar-refractivity contribution >= 4 is 43.7 Å². The van der Waals surface area contributed by atoms with E-state index < -0.39 is 26.4 Å². The van der Waals surface area contributed by atoms with Gasteiger partial charge < -0.3 is 18.9 Å². The number of benzene rings is 2. The van der Waals surface area contributed by atoms with Crippen LogP contribution in [0.1, 0.15) is 5.76 Å². The highest BCUT2D eigenvalue weighted by Crippen LogP contribution is 2.39. The number of methoxy groups -OCH3 is 1. The van der Waals surface area contributed by atoms with Gasteiger partial charge >= 0.3 is 6.03 Å². The molecule has 0 aliphatic rings. The zero-order valence-corrected chi connectivity index (χ0v) is 16.7. The highest BCUT2D eigenvalue weighted by Gasteiger charge is 2.31. The van der Waals surface area contributed by atoms with Gasteiger partial charge in [0.15, 0.2) is 21.5 Å². The van der Waals surface area contributed by atoms with Gasteiger partial charge in [-0.25, -0.2) is 17.9 Å². The van der Waals surface area contributed by atoms with E-state index in [0.717, 1.165) is 0 Å². The summed E-state index contributed by atoms with van der Waals surface area (Å²) in [5.74, 6) is 0.306. The molecule has 154 valence electrons. The Hall–Kier alpha value is -3.79. The molecule has 0 radical (unpaired) electrons. The van der Waals surface area contributed by atoms with E-state index in [0.29, 0.717) is 5.69 Å². The molecule has 0 fully saturated rings. The van der Waals surface area contributed by atoms with E-state index in [2.05, 4.69) is 5.32 Å². The molecule has 0 saturated heterocycles. The average Bonchev–Trinajstić information content (AvgIpc) is 3.14. The summed E-state index contributed by atoms with van der Waals surface area (Å²) in [6.07, 6.45) is 1.26. The van der Waals surface area contributed by atoms with E-state index in [1.807, 2.05) is 4.72 Å². The smallest absolute Gasteiger partial charge is 0.333 e. The van der Waals surface area contributed by atoms with Gasteiger partial charge in [-0.2, -0.15) is 0 Å². The zero-order valence-electron chi connectivity index (χ0n) is 15.9. The van der Waals surface area contributed by atoms with Crippen molar-refractivity contribution in [3.05, 3.63) is 64.7 Å². The van der Waals surface area contributed by atoms with Gasteiger partial charge in [0, 0.05) is 11.8 Å². The lowest BCUT2D eigenvalue weighted by atomic mass is 10.1. The van der Waals surface area contributed by atoms with Crippen LogP contribution in [0.2, 0.25) is 0 Å². The van der Waals surface area contributed by atoms with E-state index in [1.165, 1.54) is 32.4 Å². The Labute approximate surface area is 170 Å². The number of carbonyl (C=O) groups is 1. The largest absolute Gasteiger partial charge is 0.495 e. The minimum absolute atomic E-state index is 0.0687. The third-order valence-electron chi connectivity index (χ3n) is 4.35. The van der Waals surface area contributed by atoms with Gasteiger partial charge in [-0.05, 0) is 25.1 Å². The van der Waals surface area contributed by atoms with Crippen molar-refractivity contribution in [2.75, 3.05) is 12.4 Å². The predicted octanol–water partition coefficient (Wildman–Crippen LogP) is 3.37. The first-order valence-electron chi connectivity index (χ1n) is 8.72. The Morgan fingerprint density at radius 3 is 2.53 bits per heavy atom. The van der Waals surface area contributed by atoms with Crippen molar-refractivity contribution in [3.63, 3.8) is 0 Å². The van der Waals surface area contributed by atoms with Gasteiger partial charge in [-0.15, -0.1) is 0 Å². The number of aryl methyl sites for hydroxylation is 1. The fraction of sp³-hybridized carbons (Fsp3) is 0.100. The number of urea groups is 1. The summed E-state index contributed by atoms with van der Waals surface area (Å²) in [5.41, 5.74) is -0.457. The second kappa shape index (κ2) is 7.23. The number of sulfonamides is 1. The fourth-order valence-electron chi connectivity index (χ4n) is 3.19. The Balaban J connectivity index is 1.91. The van der Waals surface area contributed by atoms with Gasteiger partial charge in [0.05, 0.1) is 18.8 Å². The minimum atomic E-state index is -4.51. The molecule has 0 unspecified atom stereocenters. The first kappa shape index (κ1) is 19.5. The van der Waals surface area contributed by atoms with E-state index in [9.17, 15) is 18.0 Å².